The highest BCUT2D eigenvalue weighted by Gasteiger charge is 2.47. The number of carbonyl (C=O) groups is 2. The Kier molecular flexibility index (Phi) is 10.7. The lowest BCUT2D eigenvalue weighted by molar-refractivity contribution is -0.171. The predicted octanol–water partition coefficient (Wildman–Crippen LogP) is 2.82. The molecule has 0 radical (unpaired) electrons. The van der Waals surface area contributed by atoms with Crippen LogP contribution in [0.4, 0.5) is 0 Å². The Morgan fingerprint density at radius 2 is 1.55 bits per heavy atom. The lowest BCUT2D eigenvalue weighted by atomic mass is 9.80. The van der Waals surface area contributed by atoms with Gasteiger partial charge < -0.3 is 14.2 Å². The van der Waals surface area contributed by atoms with Crippen molar-refractivity contribution in [3.63, 3.8) is 0 Å². The summed E-state index contributed by atoms with van der Waals surface area (Å²) in [7, 11) is 1.57. The van der Waals surface area contributed by atoms with Gasteiger partial charge in [-0.1, -0.05) is 37.0 Å². The van der Waals surface area contributed by atoms with Crippen molar-refractivity contribution in [1.82, 2.24) is 0 Å². The molecule has 0 spiro atoms. The van der Waals surface area contributed by atoms with E-state index < -0.39 is 17.4 Å². The summed E-state index contributed by atoms with van der Waals surface area (Å²) in [5, 5.41) is 0. The first kappa shape index (κ1) is 20.1. The van der Waals surface area contributed by atoms with Crippen LogP contribution in [-0.4, -0.2) is 38.9 Å². The Labute approximate surface area is 132 Å². The topological polar surface area (TPSA) is 61.8 Å². The van der Waals surface area contributed by atoms with Gasteiger partial charge in [-0.15, -0.1) is 0 Å². The van der Waals surface area contributed by atoms with Gasteiger partial charge in [0.2, 0.25) is 0 Å². The van der Waals surface area contributed by atoms with E-state index in [0.717, 1.165) is 0 Å². The lowest BCUT2D eigenvalue weighted by Gasteiger charge is -2.27. The predicted molar refractivity (Wildman–Crippen MR) is 85.3 cm³/mol. The van der Waals surface area contributed by atoms with Crippen LogP contribution in [0.2, 0.25) is 0 Å². The summed E-state index contributed by atoms with van der Waals surface area (Å²) in [5.41, 5.74) is -1.38. The molecule has 0 bridgehead atoms. The lowest BCUT2D eigenvalue weighted by Crippen LogP contribution is -2.41. The van der Waals surface area contributed by atoms with Crippen molar-refractivity contribution in [2.45, 2.75) is 26.7 Å². The van der Waals surface area contributed by atoms with Crippen LogP contribution in [0.25, 0.3) is 0 Å². The highest BCUT2D eigenvalue weighted by Crippen LogP contribution is 2.32. The van der Waals surface area contributed by atoms with Crippen LogP contribution in [-0.2, 0) is 23.8 Å². The molecule has 0 saturated heterocycles. The van der Waals surface area contributed by atoms with Crippen molar-refractivity contribution >= 4 is 11.9 Å². The smallest absolute Gasteiger partial charge is 0.324 e. The fourth-order valence-corrected chi connectivity index (χ4v) is 1.85. The molecule has 0 amide bonds. The van der Waals surface area contributed by atoms with Crippen molar-refractivity contribution in [3.8, 4) is 0 Å². The summed E-state index contributed by atoms with van der Waals surface area (Å²) in [4.78, 5) is 24.8. The van der Waals surface area contributed by atoms with E-state index >= 15 is 0 Å². The van der Waals surface area contributed by atoms with Gasteiger partial charge in [0.05, 0.1) is 19.8 Å². The van der Waals surface area contributed by atoms with E-state index in [4.69, 9.17) is 14.2 Å². The number of hydrogen-bond acceptors (Lipinski definition) is 5. The van der Waals surface area contributed by atoms with Crippen molar-refractivity contribution < 1.29 is 23.8 Å². The molecule has 0 aliphatic carbocycles. The van der Waals surface area contributed by atoms with E-state index in [9.17, 15) is 9.59 Å². The summed E-state index contributed by atoms with van der Waals surface area (Å²) < 4.78 is 15.1. The molecular formula is C17H26O5. The second-order valence-electron chi connectivity index (χ2n) is 4.52. The molecule has 0 rings (SSSR count). The maximum atomic E-state index is 12.4. The van der Waals surface area contributed by atoms with Gasteiger partial charge in [0.25, 0.3) is 0 Å². The highest BCUT2D eigenvalue weighted by atomic mass is 16.6. The Morgan fingerprint density at radius 3 is 2.00 bits per heavy atom. The third-order valence-electron chi connectivity index (χ3n) is 2.97. The zero-order valence-corrected chi connectivity index (χ0v) is 13.7. The van der Waals surface area contributed by atoms with Gasteiger partial charge in [-0.2, -0.15) is 0 Å². The maximum Gasteiger partial charge on any atom is 0.324 e. The van der Waals surface area contributed by atoms with Crippen molar-refractivity contribution in [2.24, 2.45) is 5.41 Å². The van der Waals surface area contributed by atoms with Gasteiger partial charge in [0, 0.05) is 7.11 Å². The average Bonchev–Trinajstić information content (AvgIpc) is 2.50. The number of carbonyl (C=O) groups excluding carboxylic acids is 2. The normalized spacial score (nSPS) is 11.8. The average molecular weight is 310 g/mol. The molecule has 0 fully saturated rings. The van der Waals surface area contributed by atoms with Crippen LogP contribution in [0.15, 0.2) is 37.0 Å². The van der Waals surface area contributed by atoms with Crippen LogP contribution >= 0.6 is 0 Å². The molecule has 0 aromatic carbocycles. The van der Waals surface area contributed by atoms with Gasteiger partial charge in [0.1, 0.15) is 0 Å². The minimum Gasteiger partial charge on any atom is -0.465 e. The molecule has 124 valence electrons. The molecule has 5 heteroatoms. The van der Waals surface area contributed by atoms with Gasteiger partial charge in [0.15, 0.2) is 5.41 Å². The third kappa shape index (κ3) is 6.26. The van der Waals surface area contributed by atoms with Crippen LogP contribution < -0.4 is 0 Å². The number of allylic oxidation sites excluding steroid dienone is 4. The fourth-order valence-electron chi connectivity index (χ4n) is 1.85. The molecule has 0 N–H and O–H groups in total. The van der Waals surface area contributed by atoms with Crippen LogP contribution in [0.5, 0.6) is 0 Å². The maximum absolute atomic E-state index is 12.4. The zero-order valence-electron chi connectivity index (χ0n) is 13.7. The standard InChI is InChI=1S/C17H26O5/c1-5-8-9-12-17(15(18)21-6-2,16(19)22-7-3)13-10-11-14-20-4/h5,8-11H,1,6-7,12-14H2,2-4H3/b9-8+,11-10+. The summed E-state index contributed by atoms with van der Waals surface area (Å²) in [6.07, 6.45) is 8.85. The van der Waals surface area contributed by atoms with Crippen LogP contribution in [0.3, 0.4) is 0 Å². The molecule has 5 nitrogen and oxygen atoms in total. The van der Waals surface area contributed by atoms with Gasteiger partial charge in [-0.25, -0.2) is 0 Å². The van der Waals surface area contributed by atoms with E-state index in [1.165, 1.54) is 0 Å². The van der Waals surface area contributed by atoms with E-state index in [1.54, 1.807) is 51.3 Å². The van der Waals surface area contributed by atoms with Gasteiger partial charge in [-0.3, -0.25) is 9.59 Å². The van der Waals surface area contributed by atoms with Crippen LogP contribution in [0.1, 0.15) is 26.7 Å². The van der Waals surface area contributed by atoms with E-state index in [1.807, 2.05) is 0 Å². The van der Waals surface area contributed by atoms with E-state index in [-0.39, 0.29) is 26.1 Å². The molecule has 0 aliphatic rings. The summed E-state index contributed by atoms with van der Waals surface area (Å²) >= 11 is 0. The van der Waals surface area contributed by atoms with E-state index in [2.05, 4.69) is 6.58 Å². The molecule has 0 heterocycles. The monoisotopic (exact) mass is 310 g/mol. The number of methoxy groups -OCH3 is 1. The summed E-state index contributed by atoms with van der Waals surface area (Å²) in [6.45, 7) is 7.79. The Morgan fingerprint density at radius 1 is 1.00 bits per heavy atom. The van der Waals surface area contributed by atoms with Gasteiger partial charge in [-0.05, 0) is 26.7 Å². The first-order valence-electron chi connectivity index (χ1n) is 7.35. The number of hydrogen-bond donors (Lipinski definition) is 0. The first-order chi connectivity index (χ1) is 10.6. The quantitative estimate of drug-likeness (QED) is 0.254. The number of rotatable bonds is 11. The van der Waals surface area contributed by atoms with Crippen molar-refractivity contribution in [3.05, 3.63) is 37.0 Å². The molecule has 0 aromatic rings. The van der Waals surface area contributed by atoms with Crippen molar-refractivity contribution in [1.29, 1.82) is 0 Å². The Bertz CT molecular complexity index is 391. The second-order valence-corrected chi connectivity index (χ2v) is 4.52. The Hall–Kier alpha value is -1.88. The first-order valence-corrected chi connectivity index (χ1v) is 7.35. The van der Waals surface area contributed by atoms with E-state index in [0.29, 0.717) is 6.61 Å². The molecule has 0 aromatic heterocycles. The molecule has 0 aliphatic heterocycles. The largest absolute Gasteiger partial charge is 0.465 e. The van der Waals surface area contributed by atoms with Gasteiger partial charge >= 0.3 is 11.9 Å². The Balaban J connectivity index is 5.46. The molecule has 0 unspecified atom stereocenters. The summed E-state index contributed by atoms with van der Waals surface area (Å²) in [6, 6.07) is 0. The number of esters is 2. The minimum atomic E-state index is -1.38. The highest BCUT2D eigenvalue weighted by molar-refractivity contribution is 6.00. The molecule has 0 saturated carbocycles. The molecule has 22 heavy (non-hydrogen) atoms. The molecule has 0 atom stereocenters. The fraction of sp³-hybridized carbons (Fsp3) is 0.529. The molecular weight excluding hydrogens is 284 g/mol. The zero-order chi connectivity index (χ0) is 16.8. The SMILES string of the molecule is C=C/C=C/CC(C/C=C/COC)(C(=O)OCC)C(=O)OCC. The van der Waals surface area contributed by atoms with Crippen LogP contribution in [0, 0.1) is 5.41 Å². The van der Waals surface area contributed by atoms with Crippen molar-refractivity contribution in [2.75, 3.05) is 26.9 Å². The minimum absolute atomic E-state index is 0.189. The summed E-state index contributed by atoms with van der Waals surface area (Å²) in [5.74, 6) is -1.16. The third-order valence-corrected chi connectivity index (χ3v) is 2.97. The second kappa shape index (κ2) is 11.7. The number of ether oxygens (including phenoxy) is 3.